The smallest absolute Gasteiger partial charge is 0.407 e. The molecule has 3 aromatic heterocycles. The maximum atomic E-state index is 16.1. The monoisotopic (exact) mass is 614 g/mol. The molecule has 0 bridgehead atoms. The SMILES string of the molecule is Cc1cc2c(cc1N1CCN(C(=O)O)CC1)[nH]c1ncnc(-c3ccc([C@@H](C)NC(=O)c4noc(C(C)(C)C)n4)c(C)c3F)c12. The van der Waals surface area contributed by atoms with Crippen molar-refractivity contribution in [2.24, 2.45) is 0 Å². The number of carbonyl (C=O) groups excluding carboxylic acids is 1. The van der Waals surface area contributed by atoms with Crippen LogP contribution in [0.15, 0.2) is 35.1 Å². The summed E-state index contributed by atoms with van der Waals surface area (Å²) in [5, 5.41) is 17.5. The maximum Gasteiger partial charge on any atom is 0.407 e. The number of hydrogen-bond donors (Lipinski definition) is 3. The lowest BCUT2D eigenvalue weighted by Crippen LogP contribution is -2.48. The van der Waals surface area contributed by atoms with Gasteiger partial charge in [-0.1, -0.05) is 32.0 Å². The van der Waals surface area contributed by atoms with Crippen molar-refractivity contribution in [3.63, 3.8) is 0 Å². The number of fused-ring (bicyclic) bond motifs is 3. The minimum Gasteiger partial charge on any atom is -0.465 e. The maximum absolute atomic E-state index is 16.1. The number of benzene rings is 2. The zero-order chi connectivity index (χ0) is 32.2. The number of aryl methyl sites for hydroxylation is 1. The first-order valence-electron chi connectivity index (χ1n) is 14.8. The minimum absolute atomic E-state index is 0.0785. The Bertz CT molecular complexity index is 1950. The standard InChI is InChI=1S/C32H35FN8O4/c1-16-13-21-22(14-23(16)40-9-11-41(12-10-40)31(43)44)37-27-24(21)26(34-15-35-27)20-8-7-19(17(2)25(20)33)18(3)36-29(42)28-38-30(45-39-28)32(4,5)6/h7-8,13-15,18H,9-12H2,1-6H3,(H,36,42)(H,43,44)(H,34,35,37)/t18-/m1/s1. The fraction of sp³-hybridized carbons (Fsp3) is 0.375. The van der Waals surface area contributed by atoms with E-state index in [4.69, 9.17) is 4.52 Å². The molecule has 45 heavy (non-hydrogen) atoms. The number of carboxylic acid groups (broad SMARTS) is 1. The third kappa shape index (κ3) is 5.42. The van der Waals surface area contributed by atoms with Gasteiger partial charge in [-0.3, -0.25) is 4.79 Å². The van der Waals surface area contributed by atoms with E-state index < -0.39 is 29.3 Å². The number of amides is 2. The number of H-pyrrole nitrogens is 1. The van der Waals surface area contributed by atoms with Crippen molar-refractivity contribution < 1.29 is 23.6 Å². The molecule has 2 aromatic carbocycles. The van der Waals surface area contributed by atoms with Crippen LogP contribution in [0.3, 0.4) is 0 Å². The van der Waals surface area contributed by atoms with E-state index in [1.807, 2.05) is 39.8 Å². The van der Waals surface area contributed by atoms with E-state index in [1.54, 1.807) is 26.0 Å². The first-order valence-corrected chi connectivity index (χ1v) is 14.8. The third-order valence-corrected chi connectivity index (χ3v) is 8.36. The third-order valence-electron chi connectivity index (χ3n) is 8.36. The molecular weight excluding hydrogens is 579 g/mol. The quantitative estimate of drug-likeness (QED) is 0.233. The average molecular weight is 615 g/mol. The van der Waals surface area contributed by atoms with Gasteiger partial charge in [0.25, 0.3) is 11.7 Å². The van der Waals surface area contributed by atoms with Crippen LogP contribution in [0, 0.1) is 19.7 Å². The summed E-state index contributed by atoms with van der Waals surface area (Å²) < 4.78 is 21.4. The zero-order valence-electron chi connectivity index (χ0n) is 26.0. The Morgan fingerprint density at radius 1 is 1.11 bits per heavy atom. The van der Waals surface area contributed by atoms with Gasteiger partial charge in [0, 0.05) is 53.7 Å². The molecule has 0 aliphatic carbocycles. The van der Waals surface area contributed by atoms with Crippen molar-refractivity contribution in [3.8, 4) is 11.3 Å². The van der Waals surface area contributed by atoms with Crippen LogP contribution in [0.4, 0.5) is 14.9 Å². The Morgan fingerprint density at radius 2 is 1.84 bits per heavy atom. The Balaban J connectivity index is 1.31. The molecule has 1 atom stereocenters. The highest BCUT2D eigenvalue weighted by Gasteiger charge is 2.27. The van der Waals surface area contributed by atoms with Crippen LogP contribution in [0.5, 0.6) is 0 Å². The van der Waals surface area contributed by atoms with Crippen molar-refractivity contribution in [1.29, 1.82) is 0 Å². The summed E-state index contributed by atoms with van der Waals surface area (Å²) >= 11 is 0. The number of nitrogens with one attached hydrogen (secondary N) is 2. The van der Waals surface area contributed by atoms with E-state index in [0.717, 1.165) is 22.2 Å². The molecule has 1 fully saturated rings. The Morgan fingerprint density at radius 3 is 2.51 bits per heavy atom. The summed E-state index contributed by atoms with van der Waals surface area (Å²) in [7, 11) is 0. The summed E-state index contributed by atoms with van der Waals surface area (Å²) in [6.45, 7) is 13.2. The molecule has 12 nitrogen and oxygen atoms in total. The number of halogens is 1. The second kappa shape index (κ2) is 11.1. The Hall–Kier alpha value is -5.07. The molecule has 234 valence electrons. The molecule has 0 radical (unpaired) electrons. The van der Waals surface area contributed by atoms with Crippen molar-refractivity contribution in [2.75, 3.05) is 31.1 Å². The fourth-order valence-electron chi connectivity index (χ4n) is 5.86. The number of carbonyl (C=O) groups is 2. The molecule has 1 saturated heterocycles. The van der Waals surface area contributed by atoms with Crippen molar-refractivity contribution >= 4 is 39.6 Å². The summed E-state index contributed by atoms with van der Waals surface area (Å²) in [4.78, 5) is 44.3. The largest absolute Gasteiger partial charge is 0.465 e. The molecule has 0 saturated carbocycles. The lowest BCUT2D eigenvalue weighted by Gasteiger charge is -2.35. The Kier molecular flexibility index (Phi) is 7.42. The molecule has 0 unspecified atom stereocenters. The molecule has 13 heteroatoms. The van der Waals surface area contributed by atoms with Crippen LogP contribution in [0.25, 0.3) is 33.2 Å². The highest BCUT2D eigenvalue weighted by Crippen LogP contribution is 2.38. The molecule has 6 rings (SSSR count). The second-order valence-electron chi connectivity index (χ2n) is 12.5. The molecule has 4 heterocycles. The molecule has 3 N–H and O–H groups in total. The van der Waals surface area contributed by atoms with Gasteiger partial charge < -0.3 is 29.7 Å². The van der Waals surface area contributed by atoms with Gasteiger partial charge in [0.05, 0.1) is 17.1 Å². The van der Waals surface area contributed by atoms with E-state index in [-0.39, 0.29) is 5.82 Å². The van der Waals surface area contributed by atoms with E-state index >= 15 is 4.39 Å². The normalized spacial score (nSPS) is 14.7. The van der Waals surface area contributed by atoms with Gasteiger partial charge in [-0.25, -0.2) is 19.2 Å². The van der Waals surface area contributed by atoms with Crippen LogP contribution >= 0.6 is 0 Å². The molecule has 1 aliphatic rings. The molecule has 0 spiro atoms. The van der Waals surface area contributed by atoms with Crippen LogP contribution in [-0.2, 0) is 5.41 Å². The number of anilines is 1. The van der Waals surface area contributed by atoms with Crippen molar-refractivity contribution in [1.82, 2.24) is 35.3 Å². The predicted molar refractivity (Wildman–Crippen MR) is 167 cm³/mol. The number of aromatic nitrogens is 5. The van der Waals surface area contributed by atoms with Gasteiger partial charge in [0.1, 0.15) is 17.8 Å². The van der Waals surface area contributed by atoms with Crippen LogP contribution < -0.4 is 10.2 Å². The topological polar surface area (TPSA) is 153 Å². The number of nitrogens with zero attached hydrogens (tertiary/aromatic N) is 6. The molecule has 1 aliphatic heterocycles. The van der Waals surface area contributed by atoms with Crippen LogP contribution in [0.1, 0.15) is 66.9 Å². The van der Waals surface area contributed by atoms with Crippen molar-refractivity contribution in [2.45, 2.75) is 53.0 Å². The number of rotatable bonds is 5. The molecule has 5 aromatic rings. The van der Waals surface area contributed by atoms with Gasteiger partial charge in [-0.2, -0.15) is 4.98 Å². The van der Waals surface area contributed by atoms with Gasteiger partial charge >= 0.3 is 6.09 Å². The molecule has 2 amide bonds. The highest BCUT2D eigenvalue weighted by atomic mass is 19.1. The van der Waals surface area contributed by atoms with E-state index in [1.165, 1.54) is 11.2 Å². The lowest BCUT2D eigenvalue weighted by atomic mass is 9.96. The van der Waals surface area contributed by atoms with Gasteiger partial charge in [0.15, 0.2) is 0 Å². The van der Waals surface area contributed by atoms with E-state index in [0.29, 0.717) is 65.5 Å². The van der Waals surface area contributed by atoms with E-state index in [9.17, 15) is 14.7 Å². The van der Waals surface area contributed by atoms with Crippen LogP contribution in [-0.4, -0.2) is 73.3 Å². The van der Waals surface area contributed by atoms with Crippen LogP contribution in [0.2, 0.25) is 0 Å². The second-order valence-corrected chi connectivity index (χ2v) is 12.5. The predicted octanol–water partition coefficient (Wildman–Crippen LogP) is 5.51. The molecular formula is C32H35FN8O4. The number of aromatic amines is 1. The zero-order valence-corrected chi connectivity index (χ0v) is 26.0. The summed E-state index contributed by atoms with van der Waals surface area (Å²) in [6, 6.07) is 7.01. The number of piperazine rings is 1. The van der Waals surface area contributed by atoms with Gasteiger partial charge in [-0.05, 0) is 55.7 Å². The van der Waals surface area contributed by atoms with Gasteiger partial charge in [-0.15, -0.1) is 0 Å². The first-order chi connectivity index (χ1) is 21.3. The van der Waals surface area contributed by atoms with Crippen molar-refractivity contribution in [3.05, 3.63) is 64.8 Å². The van der Waals surface area contributed by atoms with Gasteiger partial charge in [0.2, 0.25) is 5.89 Å². The summed E-state index contributed by atoms with van der Waals surface area (Å²) in [6.07, 6.45) is 0.505. The van der Waals surface area contributed by atoms with E-state index in [2.05, 4.69) is 35.3 Å². The minimum atomic E-state index is -0.906. The average Bonchev–Trinajstić information content (AvgIpc) is 3.64. The summed E-state index contributed by atoms with van der Waals surface area (Å²) in [5.41, 5.74) is 4.80. The Labute approximate surface area is 258 Å². The fourth-order valence-corrected chi connectivity index (χ4v) is 5.86. The lowest BCUT2D eigenvalue weighted by molar-refractivity contribution is 0.0926. The highest BCUT2D eigenvalue weighted by molar-refractivity contribution is 6.13. The first kappa shape index (κ1) is 30.0. The number of hydrogen-bond acceptors (Lipinski definition) is 8. The summed E-state index contributed by atoms with van der Waals surface area (Å²) in [5.74, 6) is -0.682.